The van der Waals surface area contributed by atoms with Crippen molar-refractivity contribution >= 4 is 0 Å². The number of hydrogen-bond acceptors (Lipinski definition) is 2. The van der Waals surface area contributed by atoms with Crippen LogP contribution in [-0.4, -0.2) is 23.5 Å². The Morgan fingerprint density at radius 3 is 3.18 bits per heavy atom. The zero-order valence-electron chi connectivity index (χ0n) is 6.55. The predicted molar refractivity (Wildman–Crippen MR) is 41.0 cm³/mol. The van der Waals surface area contributed by atoms with Crippen molar-refractivity contribution in [1.82, 2.24) is 15.1 Å². The van der Waals surface area contributed by atoms with Gasteiger partial charge in [-0.05, 0) is 13.1 Å². The number of nitrogens with zero attached hydrogens (tertiary/aromatic N) is 2. The Kier molecular flexibility index (Phi) is 3.04. The molecule has 0 saturated heterocycles. The normalized spacial score (nSPS) is 10.4. The maximum Gasteiger partial charge on any atom is 0.109 e. The van der Waals surface area contributed by atoms with Crippen molar-refractivity contribution in [3.63, 3.8) is 0 Å². The van der Waals surface area contributed by atoms with Crippen LogP contribution in [0.1, 0.15) is 5.69 Å². The van der Waals surface area contributed by atoms with E-state index in [0.29, 0.717) is 6.54 Å². The monoisotopic (exact) mass is 157 g/mol. The standard InChI is InChI=1S/C7H12FN3/c1-9-6-7-2-4-11(10-7)5-3-8/h2,4,9H,3,5-6H2,1H3. The number of hydrogen-bond donors (Lipinski definition) is 1. The maximum atomic E-state index is 11.8. The zero-order chi connectivity index (χ0) is 8.10. The molecule has 0 spiro atoms. The molecule has 0 aliphatic rings. The van der Waals surface area contributed by atoms with E-state index in [9.17, 15) is 4.39 Å². The first kappa shape index (κ1) is 8.20. The first-order chi connectivity index (χ1) is 5.36. The summed E-state index contributed by atoms with van der Waals surface area (Å²) in [6, 6.07) is 1.88. The van der Waals surface area contributed by atoms with Crippen molar-refractivity contribution in [3.8, 4) is 0 Å². The van der Waals surface area contributed by atoms with E-state index in [1.54, 1.807) is 10.9 Å². The molecule has 0 unspecified atom stereocenters. The fourth-order valence-corrected chi connectivity index (χ4v) is 0.890. The summed E-state index contributed by atoms with van der Waals surface area (Å²) in [7, 11) is 1.86. The molecule has 0 saturated carbocycles. The second kappa shape index (κ2) is 4.08. The summed E-state index contributed by atoms with van der Waals surface area (Å²) < 4.78 is 13.4. The van der Waals surface area contributed by atoms with Crippen LogP contribution in [0.15, 0.2) is 12.3 Å². The highest BCUT2D eigenvalue weighted by Crippen LogP contribution is 1.94. The minimum absolute atomic E-state index is 0.351. The molecule has 11 heavy (non-hydrogen) atoms. The quantitative estimate of drug-likeness (QED) is 0.692. The molecule has 0 aliphatic heterocycles. The third-order valence-corrected chi connectivity index (χ3v) is 1.37. The Morgan fingerprint density at radius 1 is 1.73 bits per heavy atom. The minimum Gasteiger partial charge on any atom is -0.314 e. The smallest absolute Gasteiger partial charge is 0.109 e. The number of aryl methyl sites for hydroxylation is 1. The lowest BCUT2D eigenvalue weighted by atomic mass is 10.4. The van der Waals surface area contributed by atoms with Gasteiger partial charge in [0.15, 0.2) is 0 Å². The van der Waals surface area contributed by atoms with Crippen LogP contribution in [0.4, 0.5) is 4.39 Å². The Balaban J connectivity index is 2.51. The number of alkyl halides is 1. The molecule has 1 aromatic rings. The van der Waals surface area contributed by atoms with E-state index >= 15 is 0 Å². The second-order valence-corrected chi connectivity index (χ2v) is 2.29. The molecule has 0 fully saturated rings. The highest BCUT2D eigenvalue weighted by molar-refractivity contribution is 4.97. The highest BCUT2D eigenvalue weighted by atomic mass is 19.1. The first-order valence-electron chi connectivity index (χ1n) is 3.59. The van der Waals surface area contributed by atoms with Crippen molar-refractivity contribution < 1.29 is 4.39 Å². The van der Waals surface area contributed by atoms with E-state index in [2.05, 4.69) is 10.4 Å². The van der Waals surface area contributed by atoms with E-state index < -0.39 is 0 Å². The van der Waals surface area contributed by atoms with Gasteiger partial charge in [0.1, 0.15) is 6.67 Å². The molecule has 0 bridgehead atoms. The predicted octanol–water partition coefficient (Wildman–Crippen LogP) is 0.572. The van der Waals surface area contributed by atoms with Crippen LogP contribution < -0.4 is 5.32 Å². The summed E-state index contributed by atoms with van der Waals surface area (Å²) >= 11 is 0. The zero-order valence-corrected chi connectivity index (χ0v) is 6.55. The molecule has 1 aromatic heterocycles. The van der Waals surface area contributed by atoms with E-state index in [4.69, 9.17) is 0 Å². The van der Waals surface area contributed by atoms with Crippen LogP contribution in [0.2, 0.25) is 0 Å². The van der Waals surface area contributed by atoms with Gasteiger partial charge in [0.2, 0.25) is 0 Å². The highest BCUT2D eigenvalue weighted by Gasteiger charge is 1.95. The van der Waals surface area contributed by atoms with Crippen LogP contribution in [0.25, 0.3) is 0 Å². The summed E-state index contributed by atoms with van der Waals surface area (Å²) in [4.78, 5) is 0. The third kappa shape index (κ3) is 2.31. The molecule has 62 valence electrons. The molecule has 1 rings (SSSR count). The molecule has 0 radical (unpaired) electrons. The molecule has 0 aliphatic carbocycles. The van der Waals surface area contributed by atoms with Crippen LogP contribution in [0.3, 0.4) is 0 Å². The number of aromatic nitrogens is 2. The van der Waals surface area contributed by atoms with Crippen LogP contribution in [0, 0.1) is 0 Å². The van der Waals surface area contributed by atoms with Crippen molar-refractivity contribution in [2.24, 2.45) is 0 Å². The van der Waals surface area contributed by atoms with Crippen molar-refractivity contribution in [1.29, 1.82) is 0 Å². The Labute approximate surface area is 65.2 Å². The van der Waals surface area contributed by atoms with Gasteiger partial charge >= 0.3 is 0 Å². The first-order valence-corrected chi connectivity index (χ1v) is 3.59. The molecule has 1 heterocycles. The van der Waals surface area contributed by atoms with Gasteiger partial charge in [0.25, 0.3) is 0 Å². The molecule has 0 aromatic carbocycles. The average Bonchev–Trinajstić information content (AvgIpc) is 2.38. The summed E-state index contributed by atoms with van der Waals surface area (Å²) in [5, 5.41) is 7.07. The van der Waals surface area contributed by atoms with Crippen molar-refractivity contribution in [2.75, 3.05) is 13.7 Å². The third-order valence-electron chi connectivity index (χ3n) is 1.37. The van der Waals surface area contributed by atoms with Crippen LogP contribution in [-0.2, 0) is 13.1 Å². The topological polar surface area (TPSA) is 29.9 Å². The molecule has 1 N–H and O–H groups in total. The van der Waals surface area contributed by atoms with Gasteiger partial charge in [0, 0.05) is 12.7 Å². The van der Waals surface area contributed by atoms with Gasteiger partial charge < -0.3 is 5.32 Å². The number of rotatable bonds is 4. The molecular weight excluding hydrogens is 145 g/mol. The molecule has 0 atom stereocenters. The van der Waals surface area contributed by atoms with Gasteiger partial charge in [-0.2, -0.15) is 5.10 Å². The lowest BCUT2D eigenvalue weighted by molar-refractivity contribution is 0.425. The molecule has 0 amide bonds. The van der Waals surface area contributed by atoms with Gasteiger partial charge in [-0.25, -0.2) is 4.39 Å². The van der Waals surface area contributed by atoms with Crippen molar-refractivity contribution in [2.45, 2.75) is 13.1 Å². The van der Waals surface area contributed by atoms with Crippen LogP contribution in [0.5, 0.6) is 0 Å². The largest absolute Gasteiger partial charge is 0.314 e. The summed E-state index contributed by atoms with van der Waals surface area (Å²) in [5.74, 6) is 0. The average molecular weight is 157 g/mol. The van der Waals surface area contributed by atoms with Crippen LogP contribution >= 0.6 is 0 Å². The lowest BCUT2D eigenvalue weighted by Crippen LogP contribution is -2.07. The van der Waals surface area contributed by atoms with Gasteiger partial charge in [-0.1, -0.05) is 0 Å². The SMILES string of the molecule is CNCc1ccn(CCF)n1. The minimum atomic E-state index is -0.360. The van der Waals surface area contributed by atoms with E-state index in [1.807, 2.05) is 13.1 Å². The number of halogens is 1. The van der Waals surface area contributed by atoms with E-state index in [-0.39, 0.29) is 6.67 Å². The van der Waals surface area contributed by atoms with Gasteiger partial charge in [-0.3, -0.25) is 4.68 Å². The summed E-state index contributed by atoms with van der Waals surface area (Å²) in [5.41, 5.74) is 0.945. The molecule has 3 nitrogen and oxygen atoms in total. The Hall–Kier alpha value is -0.900. The summed E-state index contributed by atoms with van der Waals surface area (Å²) in [6.45, 7) is 0.726. The Bertz CT molecular complexity index is 189. The van der Waals surface area contributed by atoms with Gasteiger partial charge in [-0.15, -0.1) is 0 Å². The Morgan fingerprint density at radius 2 is 2.55 bits per heavy atom. The fraction of sp³-hybridized carbons (Fsp3) is 0.571. The maximum absolute atomic E-state index is 11.8. The summed E-state index contributed by atoms with van der Waals surface area (Å²) in [6.07, 6.45) is 1.78. The number of nitrogens with one attached hydrogen (secondary N) is 1. The van der Waals surface area contributed by atoms with E-state index in [1.165, 1.54) is 0 Å². The molecular formula is C7H12FN3. The van der Waals surface area contributed by atoms with E-state index in [0.717, 1.165) is 12.2 Å². The fourth-order valence-electron chi connectivity index (χ4n) is 0.890. The lowest BCUT2D eigenvalue weighted by Gasteiger charge is -1.94. The molecule has 4 heteroatoms. The van der Waals surface area contributed by atoms with Gasteiger partial charge in [0.05, 0.1) is 12.2 Å². The van der Waals surface area contributed by atoms with Crippen molar-refractivity contribution in [3.05, 3.63) is 18.0 Å². The second-order valence-electron chi connectivity index (χ2n) is 2.29.